The number of rotatable bonds is 6. The van der Waals surface area contributed by atoms with Gasteiger partial charge >= 0.3 is 5.69 Å². The highest BCUT2D eigenvalue weighted by molar-refractivity contribution is 5.60. The highest BCUT2D eigenvalue weighted by Crippen LogP contribution is 2.26. The molecule has 0 radical (unpaired) electrons. The molecule has 8 heteroatoms. The van der Waals surface area contributed by atoms with E-state index in [4.69, 9.17) is 5.11 Å². The van der Waals surface area contributed by atoms with E-state index in [1.165, 1.54) is 0 Å². The number of hydrogen-bond donors (Lipinski definition) is 3. The molecule has 17 heavy (non-hydrogen) atoms. The first-order valence-corrected chi connectivity index (χ1v) is 5.21. The van der Waals surface area contributed by atoms with E-state index in [9.17, 15) is 10.1 Å². The predicted octanol–water partition coefficient (Wildman–Crippen LogP) is 0.529. The zero-order chi connectivity index (χ0) is 12.8. The van der Waals surface area contributed by atoms with Gasteiger partial charge in [-0.15, -0.1) is 0 Å². The van der Waals surface area contributed by atoms with Crippen LogP contribution in [0, 0.1) is 17.0 Å². The maximum absolute atomic E-state index is 10.9. The van der Waals surface area contributed by atoms with E-state index in [1.54, 1.807) is 6.92 Å². The van der Waals surface area contributed by atoms with Crippen LogP contribution in [0.5, 0.6) is 0 Å². The third-order valence-corrected chi connectivity index (χ3v) is 1.98. The summed E-state index contributed by atoms with van der Waals surface area (Å²) in [6.45, 7) is 4.11. The lowest BCUT2D eigenvalue weighted by Crippen LogP contribution is -2.13. The quantitative estimate of drug-likeness (QED) is 0.491. The van der Waals surface area contributed by atoms with Gasteiger partial charge in [-0.2, -0.15) is 4.98 Å². The van der Waals surface area contributed by atoms with Crippen LogP contribution in [-0.2, 0) is 0 Å². The molecule has 0 saturated carbocycles. The molecule has 1 heterocycles. The molecular formula is C9H15N5O3. The number of nitrogens with zero attached hydrogens (tertiary/aromatic N) is 3. The van der Waals surface area contributed by atoms with Crippen molar-refractivity contribution >= 4 is 17.5 Å². The van der Waals surface area contributed by atoms with Crippen LogP contribution < -0.4 is 10.6 Å². The summed E-state index contributed by atoms with van der Waals surface area (Å²) in [7, 11) is 0. The smallest absolute Gasteiger partial charge is 0.332 e. The molecule has 0 aliphatic carbocycles. The fourth-order valence-corrected chi connectivity index (χ4v) is 1.32. The second kappa shape index (κ2) is 5.94. The lowest BCUT2D eigenvalue weighted by Gasteiger charge is -2.09. The van der Waals surface area contributed by atoms with Crippen molar-refractivity contribution in [2.45, 2.75) is 13.8 Å². The zero-order valence-corrected chi connectivity index (χ0v) is 9.73. The van der Waals surface area contributed by atoms with Crippen LogP contribution in [0.3, 0.4) is 0 Å². The van der Waals surface area contributed by atoms with Gasteiger partial charge in [0.25, 0.3) is 0 Å². The molecule has 0 aliphatic heterocycles. The molecule has 0 bridgehead atoms. The van der Waals surface area contributed by atoms with Crippen LogP contribution in [0.2, 0.25) is 0 Å². The first kappa shape index (κ1) is 13.1. The van der Waals surface area contributed by atoms with Crippen LogP contribution in [0.15, 0.2) is 0 Å². The number of aliphatic hydroxyl groups excluding tert-OH is 1. The van der Waals surface area contributed by atoms with Crippen molar-refractivity contribution in [3.63, 3.8) is 0 Å². The molecule has 94 valence electrons. The molecular weight excluding hydrogens is 226 g/mol. The third kappa shape index (κ3) is 3.25. The Bertz CT molecular complexity index is 410. The minimum absolute atomic E-state index is 0.118. The van der Waals surface area contributed by atoms with Gasteiger partial charge in [-0.25, -0.2) is 4.98 Å². The fraction of sp³-hybridized carbons (Fsp3) is 0.556. The second-order valence-electron chi connectivity index (χ2n) is 3.27. The minimum atomic E-state index is -0.537. The van der Waals surface area contributed by atoms with Gasteiger partial charge in [0.1, 0.15) is 5.69 Å². The molecule has 0 unspecified atom stereocenters. The van der Waals surface area contributed by atoms with E-state index >= 15 is 0 Å². The standard InChI is InChI=1S/C9H15N5O3/c1-3-10-9-12-6(2)7(14(16)17)8(13-9)11-4-5-15/h15H,3-5H2,1-2H3,(H2,10,11,12,13). The van der Waals surface area contributed by atoms with E-state index in [0.29, 0.717) is 12.5 Å². The van der Waals surface area contributed by atoms with Crippen molar-refractivity contribution < 1.29 is 10.0 Å². The Balaban J connectivity index is 3.14. The van der Waals surface area contributed by atoms with Crippen molar-refractivity contribution in [1.29, 1.82) is 0 Å². The average molecular weight is 241 g/mol. The summed E-state index contributed by atoms with van der Waals surface area (Å²) in [4.78, 5) is 18.3. The van der Waals surface area contributed by atoms with Gasteiger partial charge in [-0.3, -0.25) is 10.1 Å². The number of nitrogens with one attached hydrogen (secondary N) is 2. The largest absolute Gasteiger partial charge is 0.395 e. The number of hydrogen-bond acceptors (Lipinski definition) is 7. The third-order valence-electron chi connectivity index (χ3n) is 1.98. The SMILES string of the molecule is CCNc1nc(C)c([N+](=O)[O-])c(NCCO)n1. The number of aromatic nitrogens is 2. The summed E-state index contributed by atoms with van der Waals surface area (Å²) >= 11 is 0. The normalized spacial score (nSPS) is 10.1. The van der Waals surface area contributed by atoms with Gasteiger partial charge in [0.15, 0.2) is 0 Å². The van der Waals surface area contributed by atoms with Crippen LogP contribution in [0.1, 0.15) is 12.6 Å². The first-order chi connectivity index (χ1) is 8.10. The van der Waals surface area contributed by atoms with E-state index < -0.39 is 4.92 Å². The Kier molecular flexibility index (Phi) is 4.58. The number of anilines is 2. The van der Waals surface area contributed by atoms with Gasteiger partial charge < -0.3 is 15.7 Å². The topological polar surface area (TPSA) is 113 Å². The molecule has 1 aromatic rings. The summed E-state index contributed by atoms with van der Waals surface area (Å²) < 4.78 is 0. The van der Waals surface area contributed by atoms with Gasteiger partial charge in [0.2, 0.25) is 11.8 Å². The molecule has 1 aromatic heterocycles. The van der Waals surface area contributed by atoms with Crippen molar-refractivity contribution in [3.05, 3.63) is 15.8 Å². The predicted molar refractivity (Wildman–Crippen MR) is 63.2 cm³/mol. The Labute approximate surface area is 98.2 Å². The van der Waals surface area contributed by atoms with E-state index in [2.05, 4.69) is 20.6 Å². The van der Waals surface area contributed by atoms with Crippen molar-refractivity contribution in [2.75, 3.05) is 30.3 Å². The van der Waals surface area contributed by atoms with Crippen LogP contribution in [-0.4, -0.2) is 39.7 Å². The van der Waals surface area contributed by atoms with Crippen LogP contribution in [0.25, 0.3) is 0 Å². The van der Waals surface area contributed by atoms with E-state index in [1.807, 2.05) is 6.92 Å². The Morgan fingerprint density at radius 3 is 2.65 bits per heavy atom. The van der Waals surface area contributed by atoms with Crippen molar-refractivity contribution in [2.24, 2.45) is 0 Å². The van der Waals surface area contributed by atoms with Gasteiger partial charge in [-0.05, 0) is 13.8 Å². The van der Waals surface area contributed by atoms with Crippen molar-refractivity contribution in [3.8, 4) is 0 Å². The Morgan fingerprint density at radius 2 is 2.12 bits per heavy atom. The van der Waals surface area contributed by atoms with Crippen LogP contribution >= 0.6 is 0 Å². The molecule has 0 amide bonds. The summed E-state index contributed by atoms with van der Waals surface area (Å²) in [5.74, 6) is 0.448. The number of aryl methyl sites for hydroxylation is 1. The van der Waals surface area contributed by atoms with Gasteiger partial charge in [0, 0.05) is 13.1 Å². The molecule has 0 aromatic carbocycles. The highest BCUT2D eigenvalue weighted by atomic mass is 16.6. The molecule has 0 atom stereocenters. The summed E-state index contributed by atoms with van der Waals surface area (Å²) in [5.41, 5.74) is 0.112. The Morgan fingerprint density at radius 1 is 1.41 bits per heavy atom. The summed E-state index contributed by atoms with van der Waals surface area (Å²) in [6, 6.07) is 0. The van der Waals surface area contributed by atoms with Crippen molar-refractivity contribution in [1.82, 2.24) is 9.97 Å². The maximum Gasteiger partial charge on any atom is 0.332 e. The fourth-order valence-electron chi connectivity index (χ4n) is 1.32. The molecule has 0 aliphatic rings. The van der Waals surface area contributed by atoms with E-state index in [0.717, 1.165) is 0 Å². The lowest BCUT2D eigenvalue weighted by atomic mass is 10.3. The zero-order valence-electron chi connectivity index (χ0n) is 9.73. The monoisotopic (exact) mass is 241 g/mol. The van der Waals surface area contributed by atoms with Gasteiger partial charge in [-0.1, -0.05) is 0 Å². The summed E-state index contributed by atoms with van der Waals surface area (Å²) in [6.07, 6.45) is 0. The highest BCUT2D eigenvalue weighted by Gasteiger charge is 2.21. The van der Waals surface area contributed by atoms with Crippen LogP contribution in [0.4, 0.5) is 17.5 Å². The minimum Gasteiger partial charge on any atom is -0.395 e. The number of nitro groups is 1. The maximum atomic E-state index is 10.9. The molecule has 0 spiro atoms. The second-order valence-corrected chi connectivity index (χ2v) is 3.27. The lowest BCUT2D eigenvalue weighted by molar-refractivity contribution is -0.385. The van der Waals surface area contributed by atoms with Gasteiger partial charge in [0.05, 0.1) is 11.5 Å². The molecule has 8 nitrogen and oxygen atoms in total. The van der Waals surface area contributed by atoms with E-state index in [-0.39, 0.29) is 30.4 Å². The first-order valence-electron chi connectivity index (χ1n) is 5.21. The average Bonchev–Trinajstić information content (AvgIpc) is 2.25. The Hall–Kier alpha value is -1.96. The summed E-state index contributed by atoms with van der Waals surface area (Å²) in [5, 5.41) is 25.2. The molecule has 0 fully saturated rings. The molecule has 0 saturated heterocycles. The molecule has 1 rings (SSSR count). The number of aliphatic hydroxyl groups is 1. The molecule has 3 N–H and O–H groups in total.